The average Bonchev–Trinajstić information content (AvgIpc) is 3.13. The molecule has 3 aromatic carbocycles. The largest absolute Gasteiger partial charge is 0.489 e. The van der Waals surface area contributed by atoms with E-state index in [1.165, 1.54) is 12.1 Å². The molecule has 0 unspecified atom stereocenters. The first kappa shape index (κ1) is 19.5. The molecular weight excluding hydrogens is 406 g/mol. The first-order chi connectivity index (χ1) is 14.4. The Morgan fingerprint density at radius 1 is 1.03 bits per heavy atom. The Morgan fingerprint density at radius 2 is 1.73 bits per heavy atom. The summed E-state index contributed by atoms with van der Waals surface area (Å²) < 4.78 is 7.46. The van der Waals surface area contributed by atoms with Crippen molar-refractivity contribution in [2.45, 2.75) is 6.61 Å². The van der Waals surface area contributed by atoms with Crippen molar-refractivity contribution in [3.8, 4) is 11.4 Å². The summed E-state index contributed by atoms with van der Waals surface area (Å²) in [5.74, 6) is 0.0262. The highest BCUT2D eigenvalue weighted by Gasteiger charge is 2.17. The van der Waals surface area contributed by atoms with Crippen LogP contribution in [0, 0.1) is 10.1 Å². The Bertz CT molecular complexity index is 1250. The molecule has 1 aromatic heterocycles. The van der Waals surface area contributed by atoms with Crippen LogP contribution in [0.1, 0.15) is 16.1 Å². The Balaban J connectivity index is 1.64. The average molecular weight is 422 g/mol. The number of primary amides is 1. The summed E-state index contributed by atoms with van der Waals surface area (Å²) >= 11 is 5.89. The second-order valence-electron chi connectivity index (χ2n) is 6.64. The van der Waals surface area contributed by atoms with Gasteiger partial charge in [0.15, 0.2) is 0 Å². The molecule has 0 spiro atoms. The molecule has 0 atom stereocenters. The third-order valence-electron chi connectivity index (χ3n) is 4.66. The van der Waals surface area contributed by atoms with Crippen molar-refractivity contribution in [2.24, 2.45) is 5.73 Å². The standard InChI is InChI=1S/C22H16ClN3O4/c23-16-3-1-14(2-4-16)13-30-19-8-5-17(6-9-19)25-20-10-7-18(26(28)29)11-15(20)12-21(25)22(24)27/h1-12H,13H2,(H2,24,27). The van der Waals surface area contributed by atoms with E-state index in [-0.39, 0.29) is 11.4 Å². The molecule has 2 N–H and O–H groups in total. The van der Waals surface area contributed by atoms with E-state index in [0.717, 1.165) is 5.56 Å². The molecule has 0 radical (unpaired) electrons. The van der Waals surface area contributed by atoms with Gasteiger partial charge in [-0.05, 0) is 54.1 Å². The number of nitrogens with zero attached hydrogens (tertiary/aromatic N) is 2. The number of hydrogen-bond acceptors (Lipinski definition) is 4. The van der Waals surface area contributed by atoms with Crippen molar-refractivity contribution in [3.63, 3.8) is 0 Å². The zero-order valence-corrected chi connectivity index (χ0v) is 16.4. The quantitative estimate of drug-likeness (QED) is 0.354. The lowest BCUT2D eigenvalue weighted by atomic mass is 10.2. The number of nitro benzene ring substituents is 1. The predicted octanol–water partition coefficient (Wildman–Crippen LogP) is 4.87. The number of nitrogens with two attached hydrogens (primary N) is 1. The number of carbonyl (C=O) groups excluding carboxylic acids is 1. The zero-order chi connectivity index (χ0) is 21.3. The lowest BCUT2D eigenvalue weighted by Crippen LogP contribution is -2.15. The molecule has 4 rings (SSSR count). The molecule has 150 valence electrons. The molecule has 0 fully saturated rings. The van der Waals surface area contributed by atoms with Crippen molar-refractivity contribution >= 4 is 34.1 Å². The molecule has 0 bridgehead atoms. The van der Waals surface area contributed by atoms with E-state index in [0.29, 0.717) is 34.0 Å². The van der Waals surface area contributed by atoms with Gasteiger partial charge in [-0.15, -0.1) is 0 Å². The summed E-state index contributed by atoms with van der Waals surface area (Å²) in [5.41, 5.74) is 8.03. The smallest absolute Gasteiger partial charge is 0.270 e. The summed E-state index contributed by atoms with van der Waals surface area (Å²) in [6.07, 6.45) is 0. The summed E-state index contributed by atoms with van der Waals surface area (Å²) in [6, 6.07) is 20.5. The van der Waals surface area contributed by atoms with Crippen molar-refractivity contribution in [3.05, 3.63) is 99.2 Å². The van der Waals surface area contributed by atoms with Gasteiger partial charge in [0.2, 0.25) is 0 Å². The number of non-ortho nitro benzene ring substituents is 1. The van der Waals surface area contributed by atoms with Crippen LogP contribution in [0.15, 0.2) is 72.8 Å². The maximum Gasteiger partial charge on any atom is 0.270 e. The lowest BCUT2D eigenvalue weighted by Gasteiger charge is -2.11. The molecule has 0 aliphatic carbocycles. The Labute approximate surface area is 176 Å². The van der Waals surface area contributed by atoms with Crippen molar-refractivity contribution in [1.82, 2.24) is 4.57 Å². The monoisotopic (exact) mass is 421 g/mol. The fraction of sp³-hybridized carbons (Fsp3) is 0.0455. The fourth-order valence-corrected chi connectivity index (χ4v) is 3.34. The Kier molecular flexibility index (Phi) is 5.12. The Hall–Kier alpha value is -3.84. The van der Waals surface area contributed by atoms with E-state index in [4.69, 9.17) is 22.1 Å². The van der Waals surface area contributed by atoms with Crippen molar-refractivity contribution in [1.29, 1.82) is 0 Å². The number of rotatable bonds is 6. The normalized spacial score (nSPS) is 10.8. The summed E-state index contributed by atoms with van der Waals surface area (Å²) in [7, 11) is 0. The maximum atomic E-state index is 12.0. The lowest BCUT2D eigenvalue weighted by molar-refractivity contribution is -0.384. The van der Waals surface area contributed by atoms with Gasteiger partial charge in [-0.3, -0.25) is 14.9 Å². The van der Waals surface area contributed by atoms with E-state index in [1.807, 2.05) is 12.1 Å². The molecule has 0 saturated heterocycles. The van der Waals surface area contributed by atoms with Gasteiger partial charge < -0.3 is 15.0 Å². The molecular formula is C22H16ClN3O4. The van der Waals surface area contributed by atoms with Gasteiger partial charge in [-0.2, -0.15) is 0 Å². The van der Waals surface area contributed by atoms with E-state index < -0.39 is 10.8 Å². The summed E-state index contributed by atoms with van der Waals surface area (Å²) in [6.45, 7) is 0.388. The number of nitro groups is 1. The highest BCUT2D eigenvalue weighted by atomic mass is 35.5. The molecule has 4 aromatic rings. The number of fused-ring (bicyclic) bond motifs is 1. The van der Waals surface area contributed by atoms with Gasteiger partial charge in [0.25, 0.3) is 11.6 Å². The molecule has 7 nitrogen and oxygen atoms in total. The minimum atomic E-state index is -0.628. The number of carbonyl (C=O) groups is 1. The first-order valence-electron chi connectivity index (χ1n) is 9.00. The van der Waals surface area contributed by atoms with Crippen LogP contribution >= 0.6 is 11.6 Å². The molecule has 0 saturated carbocycles. The van der Waals surface area contributed by atoms with Gasteiger partial charge in [0.1, 0.15) is 18.1 Å². The zero-order valence-electron chi connectivity index (χ0n) is 15.6. The fourth-order valence-electron chi connectivity index (χ4n) is 3.21. The van der Waals surface area contributed by atoms with Crippen LogP contribution in [0.3, 0.4) is 0 Å². The van der Waals surface area contributed by atoms with Crippen LogP contribution in [0.2, 0.25) is 5.02 Å². The van der Waals surface area contributed by atoms with Crippen LogP contribution in [-0.2, 0) is 6.61 Å². The molecule has 1 amide bonds. The van der Waals surface area contributed by atoms with Crippen LogP contribution in [-0.4, -0.2) is 15.4 Å². The predicted molar refractivity (Wildman–Crippen MR) is 114 cm³/mol. The van der Waals surface area contributed by atoms with E-state index in [1.54, 1.807) is 53.1 Å². The van der Waals surface area contributed by atoms with Gasteiger partial charge in [-0.1, -0.05) is 23.7 Å². The molecule has 0 aliphatic rings. The van der Waals surface area contributed by atoms with Crippen LogP contribution in [0.25, 0.3) is 16.6 Å². The highest BCUT2D eigenvalue weighted by molar-refractivity contribution is 6.30. The third kappa shape index (κ3) is 3.83. The number of benzene rings is 3. The number of aromatic nitrogens is 1. The highest BCUT2D eigenvalue weighted by Crippen LogP contribution is 2.28. The van der Waals surface area contributed by atoms with Crippen molar-refractivity contribution in [2.75, 3.05) is 0 Å². The number of hydrogen-bond donors (Lipinski definition) is 1. The summed E-state index contributed by atoms with van der Waals surface area (Å²) in [4.78, 5) is 22.5. The van der Waals surface area contributed by atoms with Gasteiger partial charge in [0, 0.05) is 28.2 Å². The van der Waals surface area contributed by atoms with E-state index in [2.05, 4.69) is 0 Å². The third-order valence-corrected chi connectivity index (χ3v) is 4.91. The van der Waals surface area contributed by atoms with E-state index >= 15 is 0 Å². The van der Waals surface area contributed by atoms with Gasteiger partial charge >= 0.3 is 0 Å². The van der Waals surface area contributed by atoms with Gasteiger partial charge in [0.05, 0.1) is 10.4 Å². The minimum Gasteiger partial charge on any atom is -0.489 e. The molecule has 30 heavy (non-hydrogen) atoms. The Morgan fingerprint density at radius 3 is 2.37 bits per heavy atom. The SMILES string of the molecule is NC(=O)c1cc2cc([N+](=O)[O-])ccc2n1-c1ccc(OCc2ccc(Cl)cc2)cc1. The second kappa shape index (κ2) is 7.88. The molecule has 8 heteroatoms. The van der Waals surface area contributed by atoms with Crippen LogP contribution < -0.4 is 10.5 Å². The number of ether oxygens (including phenoxy) is 1. The van der Waals surface area contributed by atoms with Gasteiger partial charge in [-0.25, -0.2) is 0 Å². The van der Waals surface area contributed by atoms with Crippen LogP contribution in [0.5, 0.6) is 5.75 Å². The van der Waals surface area contributed by atoms with Crippen LogP contribution in [0.4, 0.5) is 5.69 Å². The number of amides is 1. The topological polar surface area (TPSA) is 100 Å². The second-order valence-corrected chi connectivity index (χ2v) is 7.07. The first-order valence-corrected chi connectivity index (χ1v) is 9.37. The van der Waals surface area contributed by atoms with E-state index in [9.17, 15) is 14.9 Å². The molecule has 0 aliphatic heterocycles. The summed E-state index contributed by atoms with van der Waals surface area (Å²) in [5, 5.41) is 12.3. The maximum absolute atomic E-state index is 12.0. The number of halogens is 1. The minimum absolute atomic E-state index is 0.0541. The molecule has 1 heterocycles. The van der Waals surface area contributed by atoms with Crippen molar-refractivity contribution < 1.29 is 14.5 Å².